The van der Waals surface area contributed by atoms with E-state index in [0.29, 0.717) is 40.3 Å². The molecule has 36 heavy (non-hydrogen) atoms. The predicted octanol–water partition coefficient (Wildman–Crippen LogP) is 6.03. The van der Waals surface area contributed by atoms with E-state index in [4.69, 9.17) is 0 Å². The summed E-state index contributed by atoms with van der Waals surface area (Å²) in [5, 5.41) is 11.8. The van der Waals surface area contributed by atoms with Gasteiger partial charge >= 0.3 is 6.18 Å². The molecule has 0 fully saturated rings. The van der Waals surface area contributed by atoms with Crippen LogP contribution in [0, 0.1) is 5.92 Å². The zero-order valence-electron chi connectivity index (χ0n) is 19.7. The van der Waals surface area contributed by atoms with Gasteiger partial charge in [0.15, 0.2) is 11.0 Å². The number of pyridine rings is 1. The molecule has 1 N–H and O–H groups in total. The van der Waals surface area contributed by atoms with Crippen LogP contribution >= 0.6 is 11.8 Å². The van der Waals surface area contributed by atoms with Crippen molar-refractivity contribution >= 4 is 17.7 Å². The minimum Gasteiger partial charge on any atom is -0.352 e. The highest BCUT2D eigenvalue weighted by atomic mass is 32.2. The number of alkyl halides is 3. The van der Waals surface area contributed by atoms with Gasteiger partial charge in [-0.1, -0.05) is 43.8 Å². The van der Waals surface area contributed by atoms with Gasteiger partial charge in [-0.25, -0.2) is 0 Å². The maximum absolute atomic E-state index is 13.4. The summed E-state index contributed by atoms with van der Waals surface area (Å²) >= 11 is 1.32. The maximum atomic E-state index is 13.4. The number of aromatic nitrogens is 4. The lowest BCUT2D eigenvalue weighted by molar-refractivity contribution is -0.137. The first-order valence-electron chi connectivity index (χ1n) is 11.3. The SMILES string of the molecule is CC(C)CNC(=O)c1cccc(CSc2nnc(-c3cccnc3)n2-c2cccc(C(F)(F)F)c2)c1. The first-order chi connectivity index (χ1) is 17.2. The van der Waals surface area contributed by atoms with Crippen LogP contribution in [-0.2, 0) is 11.9 Å². The largest absolute Gasteiger partial charge is 0.416 e. The number of hydrogen-bond donors (Lipinski definition) is 1. The van der Waals surface area contributed by atoms with Crippen LogP contribution in [0.25, 0.3) is 17.1 Å². The smallest absolute Gasteiger partial charge is 0.352 e. The van der Waals surface area contributed by atoms with Gasteiger partial charge in [-0.2, -0.15) is 13.2 Å². The number of hydrogen-bond acceptors (Lipinski definition) is 5. The van der Waals surface area contributed by atoms with Crippen molar-refractivity contribution in [1.82, 2.24) is 25.1 Å². The molecular weight excluding hydrogens is 487 g/mol. The monoisotopic (exact) mass is 511 g/mol. The van der Waals surface area contributed by atoms with Gasteiger partial charge in [-0.3, -0.25) is 14.3 Å². The van der Waals surface area contributed by atoms with Crippen molar-refractivity contribution in [3.8, 4) is 17.1 Å². The summed E-state index contributed by atoms with van der Waals surface area (Å²) in [7, 11) is 0. The fraction of sp³-hybridized carbons (Fsp3) is 0.231. The van der Waals surface area contributed by atoms with Gasteiger partial charge < -0.3 is 5.32 Å². The number of nitrogens with zero attached hydrogens (tertiary/aromatic N) is 4. The molecule has 0 aliphatic rings. The Morgan fingerprint density at radius 1 is 1.06 bits per heavy atom. The predicted molar refractivity (Wildman–Crippen MR) is 133 cm³/mol. The number of nitrogens with one attached hydrogen (secondary N) is 1. The zero-order chi connectivity index (χ0) is 25.7. The van der Waals surface area contributed by atoms with Crippen LogP contribution in [0.3, 0.4) is 0 Å². The average molecular weight is 512 g/mol. The Kier molecular flexibility index (Phi) is 7.73. The van der Waals surface area contributed by atoms with Crippen molar-refractivity contribution in [3.63, 3.8) is 0 Å². The quantitative estimate of drug-likeness (QED) is 0.293. The molecular formula is C26H24F3N5OS. The number of amides is 1. The molecule has 0 saturated carbocycles. The molecule has 0 atom stereocenters. The van der Waals surface area contributed by atoms with Gasteiger partial charge in [-0.05, 0) is 53.9 Å². The minimum absolute atomic E-state index is 0.151. The number of carbonyl (C=O) groups excluding carboxylic acids is 1. The summed E-state index contributed by atoms with van der Waals surface area (Å²) in [6.45, 7) is 4.62. The standard InChI is InChI=1S/C26H24F3N5OS/c1-17(2)14-31-24(35)19-7-3-6-18(12-19)16-36-25-33-32-23(20-8-5-11-30-15-20)34(25)22-10-4-9-21(13-22)26(27,28)29/h3-13,15,17H,14,16H2,1-2H3,(H,31,35). The van der Waals surface area contributed by atoms with E-state index in [1.54, 1.807) is 53.4 Å². The molecule has 10 heteroatoms. The van der Waals surface area contributed by atoms with Crippen LogP contribution in [0.5, 0.6) is 0 Å². The summed E-state index contributed by atoms with van der Waals surface area (Å²) in [4.78, 5) is 16.5. The van der Waals surface area contributed by atoms with Gasteiger partial charge in [0, 0.05) is 35.8 Å². The van der Waals surface area contributed by atoms with Crippen molar-refractivity contribution in [1.29, 1.82) is 0 Å². The highest BCUT2D eigenvalue weighted by molar-refractivity contribution is 7.98. The molecule has 6 nitrogen and oxygen atoms in total. The normalized spacial score (nSPS) is 11.6. The van der Waals surface area contributed by atoms with E-state index in [2.05, 4.69) is 20.5 Å². The van der Waals surface area contributed by atoms with Crippen molar-refractivity contribution in [3.05, 3.63) is 89.7 Å². The van der Waals surface area contributed by atoms with Gasteiger partial charge in [0.2, 0.25) is 0 Å². The fourth-order valence-corrected chi connectivity index (χ4v) is 4.34. The third-order valence-corrected chi connectivity index (χ3v) is 6.21. The number of rotatable bonds is 8. The maximum Gasteiger partial charge on any atom is 0.416 e. The summed E-state index contributed by atoms with van der Waals surface area (Å²) < 4.78 is 41.8. The molecule has 4 aromatic rings. The Bertz CT molecular complexity index is 1340. The third kappa shape index (κ3) is 6.12. The van der Waals surface area contributed by atoms with Gasteiger partial charge in [0.25, 0.3) is 5.91 Å². The molecule has 0 aliphatic heterocycles. The minimum atomic E-state index is -4.48. The second kappa shape index (κ2) is 10.9. The van der Waals surface area contributed by atoms with E-state index in [0.717, 1.165) is 17.7 Å². The molecule has 0 radical (unpaired) electrons. The summed E-state index contributed by atoms with van der Waals surface area (Å²) in [5.41, 5.74) is 1.57. The molecule has 0 bridgehead atoms. The van der Waals surface area contributed by atoms with Crippen LogP contribution in [0.2, 0.25) is 0 Å². The van der Waals surface area contributed by atoms with Crippen LogP contribution < -0.4 is 5.32 Å². The highest BCUT2D eigenvalue weighted by Gasteiger charge is 2.31. The second-order valence-corrected chi connectivity index (χ2v) is 9.47. The van der Waals surface area contributed by atoms with Crippen molar-refractivity contribution < 1.29 is 18.0 Å². The molecule has 0 unspecified atom stereocenters. The topological polar surface area (TPSA) is 72.7 Å². The average Bonchev–Trinajstić information content (AvgIpc) is 3.30. The van der Waals surface area contributed by atoms with E-state index in [-0.39, 0.29) is 11.6 Å². The van der Waals surface area contributed by atoms with Crippen LogP contribution in [0.15, 0.2) is 78.2 Å². The number of thioether (sulfide) groups is 1. The second-order valence-electron chi connectivity index (χ2n) is 8.52. The first-order valence-corrected chi connectivity index (χ1v) is 12.2. The van der Waals surface area contributed by atoms with Crippen molar-refractivity contribution in [2.75, 3.05) is 6.54 Å². The molecule has 1 amide bonds. The Labute approximate surface area is 211 Å². The molecule has 2 aromatic heterocycles. The van der Waals surface area contributed by atoms with Gasteiger partial charge in [-0.15, -0.1) is 10.2 Å². The molecule has 4 rings (SSSR count). The Balaban J connectivity index is 1.65. The summed E-state index contributed by atoms with van der Waals surface area (Å²) in [6, 6.07) is 15.8. The lowest BCUT2D eigenvalue weighted by Crippen LogP contribution is -2.27. The lowest BCUT2D eigenvalue weighted by atomic mass is 10.1. The summed E-state index contributed by atoms with van der Waals surface area (Å²) in [5.74, 6) is 1.01. The summed E-state index contributed by atoms with van der Waals surface area (Å²) in [6.07, 6.45) is -1.29. The van der Waals surface area contributed by atoms with E-state index < -0.39 is 11.7 Å². The van der Waals surface area contributed by atoms with E-state index in [1.165, 1.54) is 17.8 Å². The lowest BCUT2D eigenvalue weighted by Gasteiger charge is -2.13. The van der Waals surface area contributed by atoms with Crippen LogP contribution in [-0.4, -0.2) is 32.2 Å². The molecule has 2 heterocycles. The zero-order valence-corrected chi connectivity index (χ0v) is 20.5. The number of halogens is 3. The van der Waals surface area contributed by atoms with Gasteiger partial charge in [0.05, 0.1) is 11.3 Å². The Hall–Kier alpha value is -3.66. The third-order valence-electron chi connectivity index (χ3n) is 5.21. The van der Waals surface area contributed by atoms with Crippen LogP contribution in [0.1, 0.15) is 35.3 Å². The molecule has 0 aliphatic carbocycles. The van der Waals surface area contributed by atoms with E-state index >= 15 is 0 Å². The van der Waals surface area contributed by atoms with Gasteiger partial charge in [0.1, 0.15) is 0 Å². The molecule has 0 spiro atoms. The number of carbonyl (C=O) groups is 1. The van der Waals surface area contributed by atoms with Crippen molar-refractivity contribution in [2.24, 2.45) is 5.92 Å². The van der Waals surface area contributed by atoms with E-state index in [9.17, 15) is 18.0 Å². The van der Waals surface area contributed by atoms with Crippen molar-refractivity contribution in [2.45, 2.75) is 30.9 Å². The molecule has 2 aromatic carbocycles. The van der Waals surface area contributed by atoms with E-state index in [1.807, 2.05) is 19.9 Å². The highest BCUT2D eigenvalue weighted by Crippen LogP contribution is 2.34. The Morgan fingerprint density at radius 2 is 1.86 bits per heavy atom. The fourth-order valence-electron chi connectivity index (χ4n) is 3.45. The van der Waals surface area contributed by atoms with Crippen LogP contribution in [0.4, 0.5) is 13.2 Å². The number of benzene rings is 2. The first kappa shape index (κ1) is 25.4. The molecule has 186 valence electrons. The molecule has 0 saturated heterocycles. The Morgan fingerprint density at radius 3 is 2.58 bits per heavy atom.